The Labute approximate surface area is 138 Å². The SMILES string of the molecule is NCC1C2CCC1CN(C(=O)c1cnc(-c3cnccn3)s1)C2. The molecule has 3 heterocycles. The van der Waals surface area contributed by atoms with Crippen molar-refractivity contribution in [2.24, 2.45) is 23.5 Å². The van der Waals surface area contributed by atoms with Gasteiger partial charge in [-0.3, -0.25) is 14.8 Å². The van der Waals surface area contributed by atoms with Crippen molar-refractivity contribution in [3.8, 4) is 10.7 Å². The molecule has 4 rings (SSSR count). The van der Waals surface area contributed by atoms with Crippen LogP contribution in [0.5, 0.6) is 0 Å². The lowest BCUT2D eigenvalue weighted by molar-refractivity contribution is 0.0581. The van der Waals surface area contributed by atoms with Crippen molar-refractivity contribution < 1.29 is 4.79 Å². The van der Waals surface area contributed by atoms with Gasteiger partial charge in [0.1, 0.15) is 15.6 Å². The molecule has 1 saturated heterocycles. The lowest BCUT2D eigenvalue weighted by Crippen LogP contribution is -2.46. The van der Waals surface area contributed by atoms with Gasteiger partial charge in [0.15, 0.2) is 0 Å². The summed E-state index contributed by atoms with van der Waals surface area (Å²) in [4.78, 5) is 28.1. The van der Waals surface area contributed by atoms with E-state index in [2.05, 4.69) is 15.0 Å². The summed E-state index contributed by atoms with van der Waals surface area (Å²) in [6.45, 7) is 2.40. The second-order valence-electron chi connectivity index (χ2n) is 6.33. The normalized spacial score (nSPS) is 26.5. The van der Waals surface area contributed by atoms with E-state index in [9.17, 15) is 4.79 Å². The Bertz CT molecular complexity index is 690. The zero-order chi connectivity index (χ0) is 15.8. The Balaban J connectivity index is 1.51. The van der Waals surface area contributed by atoms with Crippen LogP contribution in [0.4, 0.5) is 0 Å². The molecule has 2 atom stereocenters. The van der Waals surface area contributed by atoms with Gasteiger partial charge in [0.25, 0.3) is 5.91 Å². The number of thiazole rings is 1. The highest BCUT2D eigenvalue weighted by Gasteiger charge is 2.42. The molecule has 1 aliphatic carbocycles. The monoisotopic (exact) mass is 329 g/mol. The summed E-state index contributed by atoms with van der Waals surface area (Å²) in [5.74, 6) is 1.81. The minimum Gasteiger partial charge on any atom is -0.337 e. The molecule has 2 aromatic heterocycles. The summed E-state index contributed by atoms with van der Waals surface area (Å²) >= 11 is 1.39. The molecule has 23 heavy (non-hydrogen) atoms. The van der Waals surface area contributed by atoms with Gasteiger partial charge in [-0.05, 0) is 37.1 Å². The molecule has 7 heteroatoms. The Kier molecular flexibility index (Phi) is 3.82. The molecule has 1 amide bonds. The van der Waals surface area contributed by atoms with E-state index in [4.69, 9.17) is 5.73 Å². The van der Waals surface area contributed by atoms with Crippen molar-refractivity contribution >= 4 is 17.2 Å². The maximum absolute atomic E-state index is 12.8. The molecule has 1 saturated carbocycles. The van der Waals surface area contributed by atoms with Gasteiger partial charge in [-0.25, -0.2) is 4.98 Å². The summed E-state index contributed by atoms with van der Waals surface area (Å²) in [7, 11) is 0. The third-order valence-corrected chi connectivity index (χ3v) is 6.10. The summed E-state index contributed by atoms with van der Waals surface area (Å²) in [6, 6.07) is 0. The molecule has 2 bridgehead atoms. The van der Waals surface area contributed by atoms with Gasteiger partial charge in [0, 0.05) is 25.5 Å². The number of piperidine rings is 1. The molecular formula is C16H19N5OS. The number of rotatable bonds is 3. The highest BCUT2D eigenvalue weighted by Crippen LogP contribution is 2.41. The number of likely N-dealkylation sites (tertiary alicyclic amines) is 1. The number of amides is 1. The number of hydrogen-bond donors (Lipinski definition) is 1. The number of carbonyl (C=O) groups excluding carboxylic acids is 1. The van der Waals surface area contributed by atoms with Gasteiger partial charge >= 0.3 is 0 Å². The fourth-order valence-electron chi connectivity index (χ4n) is 3.94. The number of aromatic nitrogens is 3. The molecule has 1 aliphatic heterocycles. The molecule has 2 fully saturated rings. The number of fused-ring (bicyclic) bond motifs is 2. The van der Waals surface area contributed by atoms with Crippen molar-refractivity contribution in [1.29, 1.82) is 0 Å². The van der Waals surface area contributed by atoms with Gasteiger partial charge in [-0.2, -0.15) is 0 Å². The third kappa shape index (κ3) is 2.64. The Morgan fingerprint density at radius 3 is 2.65 bits per heavy atom. The molecule has 120 valence electrons. The van der Waals surface area contributed by atoms with Crippen LogP contribution in [0.2, 0.25) is 0 Å². The average molecular weight is 329 g/mol. The van der Waals surface area contributed by atoms with E-state index in [-0.39, 0.29) is 5.91 Å². The van der Waals surface area contributed by atoms with Crippen molar-refractivity contribution in [3.63, 3.8) is 0 Å². The van der Waals surface area contributed by atoms with E-state index in [1.54, 1.807) is 24.8 Å². The first-order chi connectivity index (χ1) is 11.3. The van der Waals surface area contributed by atoms with Crippen LogP contribution in [-0.4, -0.2) is 45.4 Å². The molecule has 0 radical (unpaired) electrons. The van der Waals surface area contributed by atoms with Crippen LogP contribution in [0.1, 0.15) is 22.5 Å². The molecule has 0 aromatic carbocycles. The van der Waals surface area contributed by atoms with Crippen molar-refractivity contribution in [2.75, 3.05) is 19.6 Å². The Morgan fingerprint density at radius 2 is 2.00 bits per heavy atom. The summed E-state index contributed by atoms with van der Waals surface area (Å²) in [5, 5.41) is 0.737. The van der Waals surface area contributed by atoms with Crippen molar-refractivity contribution in [2.45, 2.75) is 12.8 Å². The van der Waals surface area contributed by atoms with Crippen LogP contribution >= 0.6 is 11.3 Å². The third-order valence-electron chi connectivity index (χ3n) is 5.09. The predicted octanol–water partition coefficient (Wildman–Crippen LogP) is 1.66. The predicted molar refractivity (Wildman–Crippen MR) is 87.8 cm³/mol. The summed E-state index contributed by atoms with van der Waals surface area (Å²) in [6.07, 6.45) is 8.98. The van der Waals surface area contributed by atoms with E-state index in [0.29, 0.717) is 28.3 Å². The lowest BCUT2D eigenvalue weighted by Gasteiger charge is -2.37. The first-order valence-electron chi connectivity index (χ1n) is 7.98. The Morgan fingerprint density at radius 1 is 1.22 bits per heavy atom. The molecule has 2 N–H and O–H groups in total. The number of nitrogens with zero attached hydrogens (tertiary/aromatic N) is 4. The van der Waals surface area contributed by atoms with E-state index in [1.165, 1.54) is 24.2 Å². The fourth-order valence-corrected chi connectivity index (χ4v) is 4.79. The van der Waals surface area contributed by atoms with Crippen LogP contribution in [0.15, 0.2) is 24.8 Å². The highest BCUT2D eigenvalue weighted by atomic mass is 32.1. The van der Waals surface area contributed by atoms with Crippen LogP contribution in [-0.2, 0) is 0 Å². The van der Waals surface area contributed by atoms with Crippen LogP contribution < -0.4 is 5.73 Å². The molecular weight excluding hydrogens is 310 g/mol. The van der Waals surface area contributed by atoms with E-state index >= 15 is 0 Å². The van der Waals surface area contributed by atoms with Gasteiger partial charge in [-0.15, -0.1) is 11.3 Å². The number of carbonyl (C=O) groups is 1. The largest absolute Gasteiger partial charge is 0.337 e. The van der Waals surface area contributed by atoms with Crippen molar-refractivity contribution in [3.05, 3.63) is 29.7 Å². The van der Waals surface area contributed by atoms with E-state index < -0.39 is 0 Å². The second-order valence-corrected chi connectivity index (χ2v) is 7.36. The van der Waals surface area contributed by atoms with Gasteiger partial charge in [0.2, 0.25) is 0 Å². The first kappa shape index (κ1) is 14.7. The minimum atomic E-state index is 0.0880. The summed E-state index contributed by atoms with van der Waals surface area (Å²) in [5.41, 5.74) is 6.61. The second kappa shape index (κ2) is 5.98. The van der Waals surface area contributed by atoms with Gasteiger partial charge < -0.3 is 10.6 Å². The van der Waals surface area contributed by atoms with E-state index in [0.717, 1.165) is 24.6 Å². The first-order valence-corrected chi connectivity index (χ1v) is 8.79. The lowest BCUT2D eigenvalue weighted by atomic mass is 9.85. The quantitative estimate of drug-likeness (QED) is 0.925. The number of hydrogen-bond acceptors (Lipinski definition) is 6. The topological polar surface area (TPSA) is 85.0 Å². The summed E-state index contributed by atoms with van der Waals surface area (Å²) < 4.78 is 0. The van der Waals surface area contributed by atoms with Gasteiger partial charge in [-0.1, -0.05) is 0 Å². The highest BCUT2D eigenvalue weighted by molar-refractivity contribution is 7.16. The average Bonchev–Trinajstić information content (AvgIpc) is 3.17. The zero-order valence-corrected chi connectivity index (χ0v) is 13.6. The van der Waals surface area contributed by atoms with Crippen LogP contribution in [0, 0.1) is 17.8 Å². The van der Waals surface area contributed by atoms with Crippen molar-refractivity contribution in [1.82, 2.24) is 19.9 Å². The molecule has 2 aromatic rings. The maximum Gasteiger partial charge on any atom is 0.265 e. The molecule has 2 unspecified atom stereocenters. The van der Waals surface area contributed by atoms with Crippen LogP contribution in [0.25, 0.3) is 10.7 Å². The molecule has 2 aliphatic rings. The van der Waals surface area contributed by atoms with E-state index in [1.807, 2.05) is 4.90 Å². The maximum atomic E-state index is 12.8. The van der Waals surface area contributed by atoms with Gasteiger partial charge in [0.05, 0.1) is 12.4 Å². The smallest absolute Gasteiger partial charge is 0.265 e. The molecule has 0 spiro atoms. The fraction of sp³-hybridized carbons (Fsp3) is 0.500. The van der Waals surface area contributed by atoms with Crippen LogP contribution in [0.3, 0.4) is 0 Å². The number of nitrogens with two attached hydrogens (primary N) is 1. The zero-order valence-electron chi connectivity index (χ0n) is 12.8. The molecule has 6 nitrogen and oxygen atoms in total. The minimum absolute atomic E-state index is 0.0880. The standard InChI is InChI=1S/C16H19N5OS/c17-5-12-10-1-2-11(12)9-21(8-10)16(22)14-7-20-15(23-14)13-6-18-3-4-19-13/h3-4,6-7,10-12H,1-2,5,8-9,17H2. The Hall–Kier alpha value is -1.86.